The molecule has 0 radical (unpaired) electrons. The lowest BCUT2D eigenvalue weighted by molar-refractivity contribution is -0.137. The Labute approximate surface area is 259 Å². The summed E-state index contributed by atoms with van der Waals surface area (Å²) in [6.45, 7) is 2.02. The predicted molar refractivity (Wildman–Crippen MR) is 165 cm³/mol. The van der Waals surface area contributed by atoms with Crippen LogP contribution in [0.25, 0.3) is 33.0 Å². The van der Waals surface area contributed by atoms with Crippen molar-refractivity contribution >= 4 is 28.6 Å². The van der Waals surface area contributed by atoms with Gasteiger partial charge in [-0.1, -0.05) is 48.5 Å². The molecule has 6 nitrogen and oxygen atoms in total. The SMILES string of the molecule is CC(=O)N1C[C@@H]2C[C@H]1C[C@H]2c1ccc(-c2cc(C(=O)OCC(=O)N(C)C)cc3cc(-c4ccc(C(F)(F)F)cc4)ccc23)cc1. The van der Waals surface area contributed by atoms with Gasteiger partial charge in [-0.05, 0) is 93.6 Å². The lowest BCUT2D eigenvalue weighted by Gasteiger charge is -2.31. The van der Waals surface area contributed by atoms with Gasteiger partial charge in [0.15, 0.2) is 6.61 Å². The lowest BCUT2D eigenvalue weighted by Crippen LogP contribution is -2.38. The van der Waals surface area contributed by atoms with E-state index in [-0.39, 0.29) is 17.4 Å². The number of alkyl halides is 3. The largest absolute Gasteiger partial charge is 0.452 e. The maximum atomic E-state index is 13.1. The second-order valence-electron chi connectivity index (χ2n) is 12.2. The smallest absolute Gasteiger partial charge is 0.416 e. The number of ether oxygens (including phenoxy) is 1. The zero-order valence-corrected chi connectivity index (χ0v) is 25.2. The molecule has 2 fully saturated rings. The quantitative estimate of drug-likeness (QED) is 0.216. The Morgan fingerprint density at radius 2 is 1.53 bits per heavy atom. The first-order chi connectivity index (χ1) is 21.4. The van der Waals surface area contributed by atoms with Crippen LogP contribution in [0.1, 0.15) is 47.2 Å². The summed E-state index contributed by atoms with van der Waals surface area (Å²) in [5.74, 6) is -0.0389. The summed E-state index contributed by atoms with van der Waals surface area (Å²) in [5, 5.41) is 1.56. The van der Waals surface area contributed by atoms with E-state index in [0.29, 0.717) is 34.4 Å². The number of amides is 2. The molecule has 0 aromatic heterocycles. The van der Waals surface area contributed by atoms with Crippen molar-refractivity contribution in [1.82, 2.24) is 9.80 Å². The minimum Gasteiger partial charge on any atom is -0.452 e. The third-order valence-electron chi connectivity index (χ3n) is 9.16. The molecule has 2 aliphatic rings. The Morgan fingerprint density at radius 1 is 0.867 bits per heavy atom. The van der Waals surface area contributed by atoms with E-state index in [9.17, 15) is 27.6 Å². The van der Waals surface area contributed by atoms with E-state index in [4.69, 9.17) is 4.74 Å². The topological polar surface area (TPSA) is 66.9 Å². The minimum absolute atomic E-state index is 0.133. The van der Waals surface area contributed by atoms with E-state index in [1.807, 2.05) is 35.2 Å². The molecule has 232 valence electrons. The van der Waals surface area contributed by atoms with Crippen molar-refractivity contribution in [1.29, 1.82) is 0 Å². The molecule has 9 heteroatoms. The van der Waals surface area contributed by atoms with Gasteiger partial charge in [-0.15, -0.1) is 0 Å². The summed E-state index contributed by atoms with van der Waals surface area (Å²) < 4.78 is 44.7. The van der Waals surface area contributed by atoms with Gasteiger partial charge in [0, 0.05) is 33.6 Å². The third kappa shape index (κ3) is 6.03. The molecule has 2 amide bonds. The van der Waals surface area contributed by atoms with Crippen LogP contribution in [0.3, 0.4) is 0 Å². The van der Waals surface area contributed by atoms with Crippen LogP contribution in [-0.2, 0) is 20.5 Å². The first-order valence-corrected chi connectivity index (χ1v) is 14.9. The second-order valence-corrected chi connectivity index (χ2v) is 12.2. The highest BCUT2D eigenvalue weighted by molar-refractivity contribution is 6.04. The molecular weight excluding hydrogens is 581 g/mol. The Bertz CT molecular complexity index is 1780. The molecule has 4 aromatic carbocycles. The van der Waals surface area contributed by atoms with Crippen molar-refractivity contribution < 1.29 is 32.3 Å². The highest BCUT2D eigenvalue weighted by Crippen LogP contribution is 2.48. The molecule has 6 rings (SSSR count). The summed E-state index contributed by atoms with van der Waals surface area (Å²) in [4.78, 5) is 40.5. The van der Waals surface area contributed by atoms with Crippen LogP contribution in [0.5, 0.6) is 0 Å². The van der Waals surface area contributed by atoms with E-state index in [1.165, 1.54) is 22.6 Å². The van der Waals surface area contributed by atoms with Crippen LogP contribution in [0, 0.1) is 5.92 Å². The number of halogens is 3. The number of hydrogen-bond donors (Lipinski definition) is 0. The second kappa shape index (κ2) is 11.7. The number of likely N-dealkylation sites (tertiary alicyclic amines) is 1. The highest BCUT2D eigenvalue weighted by atomic mass is 19.4. The number of carbonyl (C=O) groups excluding carboxylic acids is 3. The number of fused-ring (bicyclic) bond motifs is 3. The summed E-state index contributed by atoms with van der Waals surface area (Å²) in [6.07, 6.45) is -2.45. The van der Waals surface area contributed by atoms with E-state index < -0.39 is 24.3 Å². The fourth-order valence-corrected chi connectivity index (χ4v) is 6.75. The van der Waals surface area contributed by atoms with Crippen LogP contribution < -0.4 is 0 Å². The molecule has 1 saturated carbocycles. The molecule has 1 aliphatic heterocycles. The van der Waals surface area contributed by atoms with E-state index in [0.717, 1.165) is 48.0 Å². The molecule has 4 aromatic rings. The average Bonchev–Trinajstić information content (AvgIpc) is 3.64. The zero-order valence-electron chi connectivity index (χ0n) is 25.2. The van der Waals surface area contributed by atoms with Gasteiger partial charge in [0.2, 0.25) is 5.91 Å². The van der Waals surface area contributed by atoms with Crippen LogP contribution >= 0.6 is 0 Å². The summed E-state index contributed by atoms with van der Waals surface area (Å²) >= 11 is 0. The van der Waals surface area contributed by atoms with Gasteiger partial charge in [-0.3, -0.25) is 9.59 Å². The number of nitrogens with zero attached hydrogens (tertiary/aromatic N) is 2. The highest BCUT2D eigenvalue weighted by Gasteiger charge is 2.45. The third-order valence-corrected chi connectivity index (χ3v) is 9.16. The Balaban J connectivity index is 1.35. The number of hydrogen-bond acceptors (Lipinski definition) is 4. The number of esters is 1. The normalized spacial score (nSPS) is 19.2. The molecule has 0 unspecified atom stereocenters. The molecule has 2 bridgehead atoms. The monoisotopic (exact) mass is 614 g/mol. The number of rotatable bonds is 6. The number of likely N-dealkylation sites (N-methyl/N-ethyl adjacent to an activating group) is 1. The maximum Gasteiger partial charge on any atom is 0.416 e. The van der Waals surface area contributed by atoms with Crippen molar-refractivity contribution in [2.45, 2.75) is 37.9 Å². The van der Waals surface area contributed by atoms with Crippen LogP contribution in [0.4, 0.5) is 13.2 Å². The Morgan fingerprint density at radius 3 is 2.13 bits per heavy atom. The molecule has 0 spiro atoms. The van der Waals surface area contributed by atoms with Crippen molar-refractivity contribution in [3.05, 3.63) is 95.6 Å². The zero-order chi connectivity index (χ0) is 32.0. The fourth-order valence-electron chi connectivity index (χ4n) is 6.75. The van der Waals surface area contributed by atoms with Gasteiger partial charge in [0.05, 0.1) is 11.1 Å². The van der Waals surface area contributed by atoms with Gasteiger partial charge >= 0.3 is 12.1 Å². The van der Waals surface area contributed by atoms with Crippen LogP contribution in [0.15, 0.2) is 78.9 Å². The summed E-state index contributed by atoms with van der Waals surface area (Å²) in [5.41, 5.74) is 3.74. The van der Waals surface area contributed by atoms with Gasteiger partial charge in [0.1, 0.15) is 0 Å². The lowest BCUT2D eigenvalue weighted by atomic mass is 9.86. The van der Waals surface area contributed by atoms with Crippen LogP contribution in [-0.4, -0.2) is 60.9 Å². The van der Waals surface area contributed by atoms with Gasteiger partial charge in [-0.2, -0.15) is 13.2 Å². The maximum absolute atomic E-state index is 13.1. The first-order valence-electron chi connectivity index (χ1n) is 14.9. The average molecular weight is 615 g/mol. The molecule has 1 saturated heterocycles. The standard InChI is InChI=1S/C36H33F3N2O4/c1-21(42)41-19-28-16-30(41)18-32(28)23-4-6-24(7-5-23)33-17-27(35(44)45-20-34(43)40(2)3)15-26-14-25(10-13-31(26)33)22-8-11-29(12-9-22)36(37,38)39/h4-15,17,28,30,32H,16,18-20H2,1-3H3/t28-,30-,32-/m0/s1. The van der Waals surface area contributed by atoms with E-state index in [1.54, 1.807) is 33.2 Å². The van der Waals surface area contributed by atoms with Gasteiger partial charge in [-0.25, -0.2) is 4.79 Å². The summed E-state index contributed by atoms with van der Waals surface area (Å²) in [6, 6.07) is 22.6. The van der Waals surface area contributed by atoms with Crippen molar-refractivity contribution in [3.8, 4) is 22.3 Å². The number of carbonyl (C=O) groups is 3. The Hall–Kier alpha value is -4.66. The molecule has 1 aliphatic carbocycles. The number of piperidine rings is 1. The minimum atomic E-state index is -4.43. The Kier molecular flexibility index (Phi) is 7.89. The number of benzene rings is 4. The predicted octanol–water partition coefficient (Wildman–Crippen LogP) is 7.16. The van der Waals surface area contributed by atoms with Crippen LogP contribution in [0.2, 0.25) is 0 Å². The van der Waals surface area contributed by atoms with Gasteiger partial charge in [0.25, 0.3) is 5.91 Å². The van der Waals surface area contributed by atoms with Crippen molar-refractivity contribution in [2.24, 2.45) is 5.92 Å². The van der Waals surface area contributed by atoms with E-state index >= 15 is 0 Å². The van der Waals surface area contributed by atoms with Crippen molar-refractivity contribution in [2.75, 3.05) is 27.2 Å². The summed E-state index contributed by atoms with van der Waals surface area (Å²) in [7, 11) is 3.15. The van der Waals surface area contributed by atoms with E-state index in [2.05, 4.69) is 12.1 Å². The fraction of sp³-hybridized carbons (Fsp3) is 0.306. The molecular formula is C36H33F3N2O4. The molecule has 0 N–H and O–H groups in total. The molecule has 45 heavy (non-hydrogen) atoms. The first kappa shape index (κ1) is 30.4. The van der Waals surface area contributed by atoms with Crippen molar-refractivity contribution in [3.63, 3.8) is 0 Å². The molecule has 1 heterocycles. The molecule has 3 atom stereocenters. The van der Waals surface area contributed by atoms with Gasteiger partial charge < -0.3 is 14.5 Å².